The molecule has 0 radical (unpaired) electrons. The highest BCUT2D eigenvalue weighted by molar-refractivity contribution is 5.85. The van der Waals surface area contributed by atoms with Gasteiger partial charge in [-0.2, -0.15) is 0 Å². The van der Waals surface area contributed by atoms with Crippen LogP contribution in [0.4, 0.5) is 0 Å². The van der Waals surface area contributed by atoms with Gasteiger partial charge in [0.25, 0.3) is 5.91 Å². The molecule has 3 aromatic carbocycles. The zero-order valence-corrected chi connectivity index (χ0v) is 15.7. The molecule has 0 fully saturated rings. The van der Waals surface area contributed by atoms with Crippen molar-refractivity contribution < 1.29 is 23.7 Å². The maximum Gasteiger partial charge on any atom is 0.258 e. The van der Waals surface area contributed by atoms with Gasteiger partial charge in [-0.05, 0) is 59.7 Å². The topological polar surface area (TPSA) is 66.0 Å². The van der Waals surface area contributed by atoms with E-state index in [2.05, 4.69) is 5.32 Å². The van der Waals surface area contributed by atoms with Crippen molar-refractivity contribution >= 4 is 16.7 Å². The van der Waals surface area contributed by atoms with Gasteiger partial charge in [-0.1, -0.05) is 18.2 Å². The molecule has 0 aliphatic carbocycles. The molecule has 0 saturated heterocycles. The first-order valence-corrected chi connectivity index (χ1v) is 9.02. The second-order valence-corrected chi connectivity index (χ2v) is 6.57. The number of carbonyl (C=O) groups is 1. The lowest BCUT2D eigenvalue weighted by atomic mass is 10.1. The number of rotatable bonds is 6. The Morgan fingerprint density at radius 2 is 1.75 bits per heavy atom. The normalized spacial score (nSPS) is 13.2. The molecule has 144 valence electrons. The van der Waals surface area contributed by atoms with Gasteiger partial charge >= 0.3 is 0 Å². The van der Waals surface area contributed by atoms with E-state index in [1.165, 1.54) is 0 Å². The Balaban J connectivity index is 1.36. The summed E-state index contributed by atoms with van der Waals surface area (Å²) in [5.74, 6) is 2.63. The predicted molar refractivity (Wildman–Crippen MR) is 105 cm³/mol. The van der Waals surface area contributed by atoms with E-state index in [9.17, 15) is 4.79 Å². The maximum atomic E-state index is 12.3. The molecule has 0 unspecified atom stereocenters. The van der Waals surface area contributed by atoms with Crippen LogP contribution in [0.2, 0.25) is 0 Å². The Bertz CT molecular complexity index is 1020. The summed E-state index contributed by atoms with van der Waals surface area (Å²) in [6, 6.07) is 17.0. The smallest absolute Gasteiger partial charge is 0.258 e. The Labute approximate surface area is 163 Å². The van der Waals surface area contributed by atoms with Crippen LogP contribution < -0.4 is 24.3 Å². The van der Waals surface area contributed by atoms with Crippen LogP contribution in [0.3, 0.4) is 0 Å². The minimum atomic E-state index is -0.198. The van der Waals surface area contributed by atoms with E-state index >= 15 is 0 Å². The van der Waals surface area contributed by atoms with Gasteiger partial charge in [-0.15, -0.1) is 0 Å². The van der Waals surface area contributed by atoms with E-state index in [0.717, 1.165) is 27.8 Å². The van der Waals surface area contributed by atoms with Gasteiger partial charge in [-0.25, -0.2) is 0 Å². The summed E-state index contributed by atoms with van der Waals surface area (Å²) in [5.41, 5.74) is 0.940. The van der Waals surface area contributed by atoms with Crippen LogP contribution >= 0.6 is 0 Å². The van der Waals surface area contributed by atoms with Gasteiger partial charge in [-0.3, -0.25) is 4.79 Å². The fourth-order valence-corrected chi connectivity index (χ4v) is 3.12. The van der Waals surface area contributed by atoms with E-state index in [-0.39, 0.29) is 25.3 Å². The third-order valence-electron chi connectivity index (χ3n) is 4.66. The van der Waals surface area contributed by atoms with Crippen LogP contribution in [0.25, 0.3) is 10.8 Å². The minimum absolute atomic E-state index is 0.0651. The van der Waals surface area contributed by atoms with Crippen molar-refractivity contribution in [3.05, 3.63) is 60.2 Å². The number of amides is 1. The quantitative estimate of drug-likeness (QED) is 0.705. The van der Waals surface area contributed by atoms with Crippen molar-refractivity contribution in [2.24, 2.45) is 0 Å². The van der Waals surface area contributed by atoms with E-state index in [0.29, 0.717) is 11.5 Å². The first kappa shape index (κ1) is 18.0. The molecule has 4 rings (SSSR count). The first-order chi connectivity index (χ1) is 13.6. The number of hydrogen-bond donors (Lipinski definition) is 1. The predicted octanol–water partition coefficient (Wildman–Crippen LogP) is 3.83. The lowest BCUT2D eigenvalue weighted by molar-refractivity contribution is -0.123. The molecule has 1 aliphatic rings. The number of hydrogen-bond acceptors (Lipinski definition) is 5. The molecule has 1 aliphatic heterocycles. The number of benzene rings is 3. The van der Waals surface area contributed by atoms with Crippen LogP contribution in [0.5, 0.6) is 23.0 Å². The molecule has 0 bridgehead atoms. The van der Waals surface area contributed by atoms with E-state index in [4.69, 9.17) is 18.9 Å². The summed E-state index contributed by atoms with van der Waals surface area (Å²) in [4.78, 5) is 12.3. The van der Waals surface area contributed by atoms with Crippen molar-refractivity contribution in [3.63, 3.8) is 0 Å². The fraction of sp³-hybridized carbons (Fsp3) is 0.227. The Hall–Kier alpha value is -3.41. The van der Waals surface area contributed by atoms with E-state index in [1.807, 2.05) is 61.5 Å². The SMILES string of the molecule is COc1ccc2ccc(OCC(=O)N[C@H](C)c3ccc4c(c3)OCO4)cc2c1. The molecule has 6 heteroatoms. The van der Waals surface area contributed by atoms with Crippen molar-refractivity contribution in [2.75, 3.05) is 20.5 Å². The van der Waals surface area contributed by atoms with Crippen molar-refractivity contribution in [1.29, 1.82) is 0 Å². The monoisotopic (exact) mass is 379 g/mol. The van der Waals surface area contributed by atoms with E-state index < -0.39 is 0 Å². The molecule has 0 saturated carbocycles. The average Bonchev–Trinajstić information content (AvgIpc) is 3.19. The Morgan fingerprint density at radius 3 is 2.57 bits per heavy atom. The van der Waals surface area contributed by atoms with Crippen LogP contribution in [-0.2, 0) is 4.79 Å². The molecule has 28 heavy (non-hydrogen) atoms. The molecule has 1 amide bonds. The second kappa shape index (κ2) is 7.68. The van der Waals surface area contributed by atoms with Gasteiger partial charge in [0.2, 0.25) is 6.79 Å². The summed E-state index contributed by atoms with van der Waals surface area (Å²) >= 11 is 0. The van der Waals surface area contributed by atoms with Crippen LogP contribution in [0.15, 0.2) is 54.6 Å². The molecule has 1 atom stereocenters. The highest BCUT2D eigenvalue weighted by Crippen LogP contribution is 2.34. The summed E-state index contributed by atoms with van der Waals surface area (Å²) < 4.78 is 21.6. The fourth-order valence-electron chi connectivity index (χ4n) is 3.12. The van der Waals surface area contributed by atoms with E-state index in [1.54, 1.807) is 7.11 Å². The highest BCUT2D eigenvalue weighted by atomic mass is 16.7. The summed E-state index contributed by atoms with van der Waals surface area (Å²) in [5, 5.41) is 5.00. The number of methoxy groups -OCH3 is 1. The van der Waals surface area contributed by atoms with Crippen molar-refractivity contribution in [3.8, 4) is 23.0 Å². The summed E-state index contributed by atoms with van der Waals surface area (Å²) in [6.07, 6.45) is 0. The summed E-state index contributed by atoms with van der Waals surface area (Å²) in [7, 11) is 1.63. The van der Waals surface area contributed by atoms with Crippen molar-refractivity contribution in [1.82, 2.24) is 5.32 Å². The number of nitrogens with one attached hydrogen (secondary N) is 1. The second-order valence-electron chi connectivity index (χ2n) is 6.57. The lowest BCUT2D eigenvalue weighted by Gasteiger charge is -2.15. The lowest BCUT2D eigenvalue weighted by Crippen LogP contribution is -2.31. The van der Waals surface area contributed by atoms with Gasteiger partial charge in [0.15, 0.2) is 18.1 Å². The molecule has 3 aromatic rings. The molecular formula is C22H21NO5. The Morgan fingerprint density at radius 1 is 1.00 bits per heavy atom. The first-order valence-electron chi connectivity index (χ1n) is 9.02. The minimum Gasteiger partial charge on any atom is -0.497 e. The Kier molecular flexibility index (Phi) is 4.93. The molecule has 0 spiro atoms. The standard InChI is InChI=1S/C22H21NO5/c1-14(16-5-8-20-21(11-16)28-13-27-20)23-22(24)12-26-19-7-4-15-3-6-18(25-2)9-17(15)10-19/h3-11,14H,12-13H2,1-2H3,(H,23,24)/t14-/m1/s1. The molecule has 6 nitrogen and oxygen atoms in total. The van der Waals surface area contributed by atoms with Crippen LogP contribution in [-0.4, -0.2) is 26.4 Å². The van der Waals surface area contributed by atoms with Gasteiger partial charge < -0.3 is 24.3 Å². The largest absolute Gasteiger partial charge is 0.497 e. The highest BCUT2D eigenvalue weighted by Gasteiger charge is 2.17. The third kappa shape index (κ3) is 3.81. The third-order valence-corrected chi connectivity index (χ3v) is 4.66. The number of carbonyl (C=O) groups excluding carboxylic acids is 1. The summed E-state index contributed by atoms with van der Waals surface area (Å²) in [6.45, 7) is 2.08. The molecule has 1 heterocycles. The zero-order valence-electron chi connectivity index (χ0n) is 15.7. The number of ether oxygens (including phenoxy) is 4. The van der Waals surface area contributed by atoms with Crippen LogP contribution in [0.1, 0.15) is 18.5 Å². The van der Waals surface area contributed by atoms with Crippen molar-refractivity contribution in [2.45, 2.75) is 13.0 Å². The molecule has 1 N–H and O–H groups in total. The van der Waals surface area contributed by atoms with Gasteiger partial charge in [0.05, 0.1) is 13.2 Å². The molecule has 0 aromatic heterocycles. The van der Waals surface area contributed by atoms with Gasteiger partial charge in [0, 0.05) is 0 Å². The van der Waals surface area contributed by atoms with Crippen LogP contribution in [0, 0.1) is 0 Å². The van der Waals surface area contributed by atoms with Gasteiger partial charge in [0.1, 0.15) is 11.5 Å². The molecular weight excluding hydrogens is 358 g/mol. The number of fused-ring (bicyclic) bond motifs is 2. The zero-order chi connectivity index (χ0) is 19.5. The average molecular weight is 379 g/mol. The maximum absolute atomic E-state index is 12.3.